The highest BCUT2D eigenvalue weighted by molar-refractivity contribution is 7.99. The van der Waals surface area contributed by atoms with Crippen molar-refractivity contribution in [1.82, 2.24) is 4.31 Å². The van der Waals surface area contributed by atoms with E-state index in [0.717, 1.165) is 23.3 Å². The molecule has 1 fully saturated rings. The van der Waals surface area contributed by atoms with Gasteiger partial charge in [-0.25, -0.2) is 8.42 Å². The highest BCUT2D eigenvalue weighted by Crippen LogP contribution is 2.37. The third-order valence-corrected chi connectivity index (χ3v) is 8.61. The summed E-state index contributed by atoms with van der Waals surface area (Å²) in [5.41, 5.74) is 1.92. The van der Waals surface area contributed by atoms with Crippen molar-refractivity contribution in [2.75, 3.05) is 18.8 Å². The Balaban J connectivity index is 1.81. The van der Waals surface area contributed by atoms with Crippen molar-refractivity contribution in [1.29, 1.82) is 0 Å². The van der Waals surface area contributed by atoms with Crippen molar-refractivity contribution < 1.29 is 8.42 Å². The maximum atomic E-state index is 13.0. The fraction of sp³-hybridized carbons (Fsp3) is 0.412. The fourth-order valence-corrected chi connectivity index (χ4v) is 6.93. The Morgan fingerprint density at radius 1 is 1.17 bits per heavy atom. The zero-order valence-corrected chi connectivity index (χ0v) is 15.8. The lowest BCUT2D eigenvalue weighted by molar-refractivity contribution is 0.428. The average molecular weight is 368 g/mol. The lowest BCUT2D eigenvalue weighted by Crippen LogP contribution is -2.33. The molecule has 0 spiro atoms. The fourth-order valence-electron chi connectivity index (χ4n) is 2.92. The molecule has 1 aromatic carbocycles. The van der Waals surface area contributed by atoms with Gasteiger partial charge in [0.05, 0.1) is 4.90 Å². The van der Waals surface area contributed by atoms with Gasteiger partial charge in [-0.15, -0.1) is 11.3 Å². The number of hydrogen-bond acceptors (Lipinski definition) is 4. The van der Waals surface area contributed by atoms with Gasteiger partial charge in [0.25, 0.3) is 0 Å². The molecule has 2 aromatic rings. The summed E-state index contributed by atoms with van der Waals surface area (Å²) in [6.07, 6.45) is 0.870. The minimum Gasteiger partial charge on any atom is -0.207 e. The van der Waals surface area contributed by atoms with Crippen LogP contribution in [0.3, 0.4) is 0 Å². The van der Waals surface area contributed by atoms with Gasteiger partial charge in [-0.3, -0.25) is 0 Å². The van der Waals surface area contributed by atoms with Gasteiger partial charge >= 0.3 is 0 Å². The molecule has 0 saturated carbocycles. The number of thiophene rings is 1. The van der Waals surface area contributed by atoms with Crippen LogP contribution in [0.1, 0.15) is 27.7 Å². The van der Waals surface area contributed by atoms with E-state index in [1.165, 1.54) is 4.88 Å². The summed E-state index contributed by atoms with van der Waals surface area (Å²) in [6, 6.07) is 9.77. The molecule has 0 amide bonds. The van der Waals surface area contributed by atoms with Gasteiger partial charge in [0.15, 0.2) is 0 Å². The second kappa shape index (κ2) is 6.97. The zero-order chi connectivity index (χ0) is 16.4. The number of sulfonamides is 1. The van der Waals surface area contributed by atoms with Crippen molar-refractivity contribution in [3.8, 4) is 0 Å². The van der Waals surface area contributed by atoms with Crippen LogP contribution in [0.2, 0.25) is 0 Å². The van der Waals surface area contributed by atoms with Crippen molar-refractivity contribution >= 4 is 33.1 Å². The molecule has 0 aliphatic carbocycles. The highest BCUT2D eigenvalue weighted by Gasteiger charge is 2.29. The first-order valence-corrected chi connectivity index (χ1v) is 11.1. The van der Waals surface area contributed by atoms with E-state index in [4.69, 9.17) is 0 Å². The molecule has 0 bridgehead atoms. The topological polar surface area (TPSA) is 37.4 Å². The number of aryl methyl sites for hydroxylation is 2. The number of rotatable bonds is 3. The van der Waals surface area contributed by atoms with Crippen LogP contribution in [-0.2, 0) is 10.0 Å². The molecule has 1 unspecified atom stereocenters. The van der Waals surface area contributed by atoms with E-state index < -0.39 is 10.0 Å². The number of thioether (sulfide) groups is 1. The van der Waals surface area contributed by atoms with Crippen LogP contribution in [0, 0.1) is 13.8 Å². The van der Waals surface area contributed by atoms with Crippen LogP contribution in [0.25, 0.3) is 0 Å². The molecule has 0 radical (unpaired) electrons. The van der Waals surface area contributed by atoms with Gasteiger partial charge in [0.1, 0.15) is 0 Å². The Labute approximate surface area is 146 Å². The van der Waals surface area contributed by atoms with E-state index in [9.17, 15) is 8.42 Å². The standard InChI is InChI=1S/C17H21NO2S3/c1-13-5-6-17(14(2)12-13)23(19,20)18-8-7-16(22-11-9-18)15-4-3-10-21-15/h3-6,10,12,16H,7-9,11H2,1-2H3. The van der Waals surface area contributed by atoms with Gasteiger partial charge in [-0.2, -0.15) is 16.1 Å². The van der Waals surface area contributed by atoms with Crippen LogP contribution < -0.4 is 0 Å². The van der Waals surface area contributed by atoms with Crippen molar-refractivity contribution in [3.63, 3.8) is 0 Å². The predicted octanol–water partition coefficient (Wildman–Crippen LogP) is 4.23. The molecular formula is C17H21NO2S3. The van der Waals surface area contributed by atoms with Gasteiger partial charge in [0, 0.05) is 29.0 Å². The van der Waals surface area contributed by atoms with E-state index in [0.29, 0.717) is 23.2 Å². The Morgan fingerprint density at radius 2 is 2.00 bits per heavy atom. The lowest BCUT2D eigenvalue weighted by Gasteiger charge is -2.21. The van der Waals surface area contributed by atoms with Crippen LogP contribution in [0.4, 0.5) is 0 Å². The molecule has 3 rings (SSSR count). The van der Waals surface area contributed by atoms with Crippen molar-refractivity contribution in [3.05, 3.63) is 51.7 Å². The first-order valence-electron chi connectivity index (χ1n) is 7.71. The third-order valence-electron chi connectivity index (χ3n) is 4.11. The van der Waals surface area contributed by atoms with E-state index in [1.54, 1.807) is 21.7 Å². The van der Waals surface area contributed by atoms with Crippen LogP contribution in [-0.4, -0.2) is 31.6 Å². The minimum atomic E-state index is -3.40. The average Bonchev–Trinajstić information content (AvgIpc) is 2.91. The van der Waals surface area contributed by atoms with Gasteiger partial charge < -0.3 is 0 Å². The second-order valence-electron chi connectivity index (χ2n) is 5.84. The molecule has 1 aromatic heterocycles. The Kier molecular flexibility index (Phi) is 5.16. The molecule has 3 nitrogen and oxygen atoms in total. The first-order chi connectivity index (χ1) is 11.0. The molecule has 6 heteroatoms. The normalized spacial score (nSPS) is 20.3. The quantitative estimate of drug-likeness (QED) is 0.814. The van der Waals surface area contributed by atoms with E-state index >= 15 is 0 Å². The maximum absolute atomic E-state index is 13.0. The molecule has 2 heterocycles. The molecule has 23 heavy (non-hydrogen) atoms. The van der Waals surface area contributed by atoms with E-state index in [-0.39, 0.29) is 0 Å². The third kappa shape index (κ3) is 3.65. The number of hydrogen-bond donors (Lipinski definition) is 0. The monoisotopic (exact) mass is 367 g/mol. The zero-order valence-electron chi connectivity index (χ0n) is 13.4. The summed E-state index contributed by atoms with van der Waals surface area (Å²) in [6.45, 7) is 5.03. The Bertz CT molecular complexity index is 769. The summed E-state index contributed by atoms with van der Waals surface area (Å²) in [5.74, 6) is 0.840. The van der Waals surface area contributed by atoms with Crippen LogP contribution in [0.5, 0.6) is 0 Å². The molecule has 124 valence electrons. The van der Waals surface area contributed by atoms with Crippen molar-refractivity contribution in [2.45, 2.75) is 30.4 Å². The van der Waals surface area contributed by atoms with Crippen LogP contribution in [0.15, 0.2) is 40.6 Å². The molecule has 1 saturated heterocycles. The Morgan fingerprint density at radius 3 is 2.70 bits per heavy atom. The summed E-state index contributed by atoms with van der Waals surface area (Å²) in [7, 11) is -3.40. The molecular weight excluding hydrogens is 346 g/mol. The van der Waals surface area contributed by atoms with Gasteiger partial charge in [0.2, 0.25) is 10.0 Å². The largest absolute Gasteiger partial charge is 0.243 e. The molecule has 0 N–H and O–H groups in total. The maximum Gasteiger partial charge on any atom is 0.243 e. The van der Waals surface area contributed by atoms with Gasteiger partial charge in [-0.05, 0) is 43.3 Å². The second-order valence-corrected chi connectivity index (χ2v) is 10.0. The summed E-state index contributed by atoms with van der Waals surface area (Å²) >= 11 is 3.63. The van der Waals surface area contributed by atoms with Crippen molar-refractivity contribution in [2.24, 2.45) is 0 Å². The Hall–Kier alpha value is -0.820. The molecule has 1 atom stereocenters. The summed E-state index contributed by atoms with van der Waals surface area (Å²) in [5, 5.41) is 2.50. The summed E-state index contributed by atoms with van der Waals surface area (Å²) in [4.78, 5) is 1.79. The van der Waals surface area contributed by atoms with E-state index in [1.807, 2.05) is 37.7 Å². The number of nitrogens with zero attached hydrogens (tertiary/aromatic N) is 1. The van der Waals surface area contributed by atoms with Crippen LogP contribution >= 0.6 is 23.1 Å². The predicted molar refractivity (Wildman–Crippen MR) is 98.8 cm³/mol. The summed E-state index contributed by atoms with van der Waals surface area (Å²) < 4.78 is 27.6. The minimum absolute atomic E-state index is 0.411. The van der Waals surface area contributed by atoms with Gasteiger partial charge in [-0.1, -0.05) is 23.8 Å². The lowest BCUT2D eigenvalue weighted by atomic mass is 10.2. The number of benzene rings is 1. The molecule has 1 aliphatic rings. The SMILES string of the molecule is Cc1ccc(S(=O)(=O)N2CCSC(c3cccs3)CC2)c(C)c1. The first kappa shape index (κ1) is 17.0. The highest BCUT2D eigenvalue weighted by atomic mass is 32.2. The molecule has 1 aliphatic heterocycles. The van der Waals surface area contributed by atoms with E-state index in [2.05, 4.69) is 17.5 Å². The smallest absolute Gasteiger partial charge is 0.207 e.